The molecule has 6 heteroatoms. The molecule has 0 N–H and O–H groups in total. The van der Waals surface area contributed by atoms with Crippen molar-refractivity contribution in [1.29, 1.82) is 0 Å². The molecule has 1 aliphatic rings. The predicted molar refractivity (Wildman–Crippen MR) is 158 cm³/mol. The molecule has 0 bridgehead atoms. The first-order valence-corrected chi connectivity index (χ1v) is 13.9. The summed E-state index contributed by atoms with van der Waals surface area (Å²) in [5.74, 6) is -0.450. The number of rotatable bonds is 4. The van der Waals surface area contributed by atoms with Crippen molar-refractivity contribution in [3.63, 3.8) is 0 Å². The van der Waals surface area contributed by atoms with Crippen molar-refractivity contribution in [2.75, 3.05) is 6.61 Å². The fraction of sp³-hybridized carbons (Fsp3) is 0.182. The Kier molecular flexibility index (Phi) is 6.28. The van der Waals surface area contributed by atoms with Crippen LogP contribution in [0.15, 0.2) is 93.9 Å². The van der Waals surface area contributed by atoms with E-state index in [1.807, 2.05) is 68.5 Å². The smallest absolute Gasteiger partial charge is 0.338 e. The number of allylic oxidation sites excluding steroid dienone is 1. The number of hydrogen-bond donors (Lipinski definition) is 0. The first-order valence-electron chi connectivity index (χ1n) is 13.0. The van der Waals surface area contributed by atoms with E-state index in [-0.39, 0.29) is 12.2 Å². The quantitative estimate of drug-likeness (QED) is 0.220. The number of benzene rings is 4. The van der Waals surface area contributed by atoms with Crippen LogP contribution in [-0.4, -0.2) is 17.1 Å². The zero-order valence-corrected chi connectivity index (χ0v) is 23.1. The Labute approximate surface area is 230 Å². The maximum absolute atomic E-state index is 14.1. The third kappa shape index (κ3) is 4.12. The van der Waals surface area contributed by atoms with Crippen LogP contribution in [0, 0.1) is 13.8 Å². The van der Waals surface area contributed by atoms with E-state index in [4.69, 9.17) is 9.73 Å². The van der Waals surface area contributed by atoms with E-state index in [9.17, 15) is 9.59 Å². The molecule has 1 atom stereocenters. The molecule has 1 aliphatic heterocycles. The van der Waals surface area contributed by atoms with Crippen molar-refractivity contribution in [3.05, 3.63) is 126 Å². The average Bonchev–Trinajstić information content (AvgIpc) is 3.25. The topological polar surface area (TPSA) is 60.7 Å². The van der Waals surface area contributed by atoms with E-state index in [0.717, 1.165) is 38.2 Å². The highest BCUT2D eigenvalue weighted by molar-refractivity contribution is 7.07. The Morgan fingerprint density at radius 3 is 2.10 bits per heavy atom. The van der Waals surface area contributed by atoms with Gasteiger partial charge in [-0.25, -0.2) is 9.79 Å². The van der Waals surface area contributed by atoms with E-state index in [2.05, 4.69) is 31.2 Å². The highest BCUT2D eigenvalue weighted by atomic mass is 32.1. The summed E-state index contributed by atoms with van der Waals surface area (Å²) < 4.78 is 7.64. The number of carbonyl (C=O) groups excluding carboxylic acids is 1. The van der Waals surface area contributed by atoms with Crippen molar-refractivity contribution in [2.24, 2.45) is 4.99 Å². The van der Waals surface area contributed by atoms with Crippen LogP contribution in [0.1, 0.15) is 42.1 Å². The van der Waals surface area contributed by atoms with Crippen LogP contribution in [0.5, 0.6) is 0 Å². The molecular weight excluding hydrogens is 504 g/mol. The normalized spacial score (nSPS) is 15.5. The monoisotopic (exact) mass is 532 g/mol. The van der Waals surface area contributed by atoms with Gasteiger partial charge in [-0.3, -0.25) is 9.36 Å². The highest BCUT2D eigenvalue weighted by Crippen LogP contribution is 2.33. The van der Waals surface area contributed by atoms with Crippen LogP contribution >= 0.6 is 11.3 Å². The van der Waals surface area contributed by atoms with Gasteiger partial charge in [-0.05, 0) is 72.0 Å². The largest absolute Gasteiger partial charge is 0.463 e. The van der Waals surface area contributed by atoms with Gasteiger partial charge in [0, 0.05) is 0 Å². The Hall–Kier alpha value is -4.29. The lowest BCUT2D eigenvalue weighted by Gasteiger charge is -2.24. The van der Waals surface area contributed by atoms with Crippen LogP contribution in [0.25, 0.3) is 27.6 Å². The summed E-state index contributed by atoms with van der Waals surface area (Å²) in [7, 11) is 0. The molecule has 0 fully saturated rings. The van der Waals surface area contributed by atoms with Crippen molar-refractivity contribution in [2.45, 2.75) is 33.7 Å². The van der Waals surface area contributed by atoms with Gasteiger partial charge in [-0.1, -0.05) is 89.7 Å². The fourth-order valence-electron chi connectivity index (χ4n) is 5.52. The third-order valence-electron chi connectivity index (χ3n) is 7.43. The number of nitrogens with zero attached hydrogens (tertiary/aromatic N) is 2. The molecule has 194 valence electrons. The second-order valence-corrected chi connectivity index (χ2v) is 10.9. The molecule has 0 saturated carbocycles. The van der Waals surface area contributed by atoms with Gasteiger partial charge in [0.2, 0.25) is 0 Å². The number of aryl methyl sites for hydroxylation is 2. The molecule has 0 unspecified atom stereocenters. The number of ether oxygens (including phenoxy) is 1. The summed E-state index contributed by atoms with van der Waals surface area (Å²) in [6.45, 7) is 7.99. The maximum atomic E-state index is 14.1. The van der Waals surface area contributed by atoms with Crippen molar-refractivity contribution in [3.8, 4) is 0 Å². The second kappa shape index (κ2) is 9.79. The Balaban J connectivity index is 1.65. The third-order valence-corrected chi connectivity index (χ3v) is 8.41. The van der Waals surface area contributed by atoms with Gasteiger partial charge in [0.25, 0.3) is 5.56 Å². The fourth-order valence-corrected chi connectivity index (χ4v) is 6.55. The van der Waals surface area contributed by atoms with E-state index in [1.165, 1.54) is 16.9 Å². The highest BCUT2D eigenvalue weighted by Gasteiger charge is 2.33. The van der Waals surface area contributed by atoms with Crippen molar-refractivity contribution < 1.29 is 9.53 Å². The second-order valence-electron chi connectivity index (χ2n) is 9.84. The Bertz CT molecular complexity index is 1940. The Morgan fingerprint density at radius 1 is 0.923 bits per heavy atom. The minimum Gasteiger partial charge on any atom is -0.463 e. The van der Waals surface area contributed by atoms with Crippen LogP contribution in [0.2, 0.25) is 0 Å². The number of aromatic nitrogens is 1. The molecule has 5 nitrogen and oxygen atoms in total. The van der Waals surface area contributed by atoms with Crippen LogP contribution in [0.4, 0.5) is 0 Å². The van der Waals surface area contributed by atoms with E-state index < -0.39 is 12.0 Å². The predicted octanol–water partition coefficient (Wildman–Crippen LogP) is 5.72. The van der Waals surface area contributed by atoms with E-state index in [0.29, 0.717) is 20.6 Å². The van der Waals surface area contributed by atoms with Gasteiger partial charge in [0.1, 0.15) is 0 Å². The summed E-state index contributed by atoms with van der Waals surface area (Å²) in [5.41, 5.74) is 4.95. The zero-order valence-electron chi connectivity index (χ0n) is 22.3. The average molecular weight is 533 g/mol. The number of esters is 1. The molecule has 2 heterocycles. The van der Waals surface area contributed by atoms with Gasteiger partial charge in [-0.2, -0.15) is 0 Å². The van der Waals surface area contributed by atoms with Crippen LogP contribution in [-0.2, 0) is 9.53 Å². The molecular formula is C33H28N2O3S. The van der Waals surface area contributed by atoms with Crippen molar-refractivity contribution in [1.82, 2.24) is 4.57 Å². The van der Waals surface area contributed by atoms with Gasteiger partial charge < -0.3 is 4.74 Å². The molecule has 0 amide bonds. The van der Waals surface area contributed by atoms with Crippen LogP contribution in [0.3, 0.4) is 0 Å². The van der Waals surface area contributed by atoms with Crippen molar-refractivity contribution >= 4 is 44.9 Å². The first kappa shape index (κ1) is 25.0. The lowest BCUT2D eigenvalue weighted by atomic mass is 9.92. The summed E-state index contributed by atoms with van der Waals surface area (Å²) in [4.78, 5) is 32.6. The summed E-state index contributed by atoms with van der Waals surface area (Å²) >= 11 is 1.35. The molecule has 1 aromatic heterocycles. The molecule has 0 spiro atoms. The lowest BCUT2D eigenvalue weighted by Crippen LogP contribution is -2.39. The van der Waals surface area contributed by atoms with E-state index >= 15 is 0 Å². The van der Waals surface area contributed by atoms with Crippen LogP contribution < -0.4 is 14.9 Å². The summed E-state index contributed by atoms with van der Waals surface area (Å²) in [6, 6.07) is 23.9. The SMILES string of the molecule is CCOC(=O)C1=C(C)N=c2s/c(=C/c3c4ccccc4c(C)c4ccccc34)c(=O)n2[C@@H]1c1ccc(C)cc1. The standard InChI is InChI=1S/C33H28N2O3S/c1-5-38-32(37)29-21(4)34-33-35(30(29)22-16-14-19(2)15-17-22)31(36)28(39-33)18-27-25-12-8-6-10-23(25)20(3)24-11-7-9-13-26(24)27/h6-18,30H,5H2,1-4H3/b28-18+/t30-/m1/s1. The zero-order chi connectivity index (χ0) is 27.3. The first-order chi connectivity index (χ1) is 18.9. The van der Waals surface area contributed by atoms with Gasteiger partial charge in [-0.15, -0.1) is 0 Å². The van der Waals surface area contributed by atoms with Gasteiger partial charge in [0.05, 0.1) is 28.5 Å². The molecule has 0 radical (unpaired) electrons. The van der Waals surface area contributed by atoms with E-state index in [1.54, 1.807) is 11.5 Å². The number of carbonyl (C=O) groups is 1. The minimum absolute atomic E-state index is 0.174. The lowest BCUT2D eigenvalue weighted by molar-refractivity contribution is -0.139. The van der Waals surface area contributed by atoms with Gasteiger partial charge >= 0.3 is 5.97 Å². The molecule has 5 aromatic rings. The number of hydrogen-bond acceptors (Lipinski definition) is 5. The Morgan fingerprint density at radius 2 is 1.51 bits per heavy atom. The number of thiazole rings is 1. The van der Waals surface area contributed by atoms with Gasteiger partial charge in [0.15, 0.2) is 4.80 Å². The summed E-state index contributed by atoms with van der Waals surface area (Å²) in [5, 5.41) is 4.51. The summed E-state index contributed by atoms with van der Waals surface area (Å²) in [6.07, 6.45) is 1.99. The molecule has 0 aliphatic carbocycles. The number of fused-ring (bicyclic) bond motifs is 3. The molecule has 6 rings (SSSR count). The minimum atomic E-state index is -0.616. The molecule has 0 saturated heterocycles. The molecule has 4 aromatic carbocycles. The molecule has 39 heavy (non-hydrogen) atoms. The maximum Gasteiger partial charge on any atom is 0.338 e.